The van der Waals surface area contributed by atoms with E-state index in [1.165, 1.54) is 0 Å². The second-order valence-electron chi connectivity index (χ2n) is 7.67. The first kappa shape index (κ1) is 25.2. The van der Waals surface area contributed by atoms with Crippen LogP contribution in [0.1, 0.15) is 57.9 Å². The summed E-state index contributed by atoms with van der Waals surface area (Å²) in [5.74, 6) is -1.22. The van der Waals surface area contributed by atoms with Crippen LogP contribution < -0.4 is 16.4 Å². The van der Waals surface area contributed by atoms with Crippen LogP contribution in [-0.4, -0.2) is 30.0 Å². The number of rotatable bonds is 14. The van der Waals surface area contributed by atoms with Crippen LogP contribution in [0.25, 0.3) is 0 Å². The molecule has 0 spiro atoms. The zero-order valence-electron chi connectivity index (χ0n) is 18.1. The van der Waals surface area contributed by atoms with Crippen molar-refractivity contribution in [1.82, 2.24) is 10.6 Å². The third kappa shape index (κ3) is 10.1. The molecule has 0 unspecified atom stereocenters. The average Bonchev–Trinajstić information content (AvgIpc) is 2.72. The van der Waals surface area contributed by atoms with Crippen LogP contribution >= 0.6 is 0 Å². The zero-order valence-corrected chi connectivity index (χ0v) is 18.1. The van der Waals surface area contributed by atoms with E-state index < -0.39 is 30.0 Å². The van der Waals surface area contributed by atoms with Gasteiger partial charge in [-0.2, -0.15) is 0 Å². The lowest BCUT2D eigenvalue weighted by molar-refractivity contribution is -0.129. The van der Waals surface area contributed by atoms with Crippen molar-refractivity contribution in [3.05, 3.63) is 48.6 Å². The largest absolute Gasteiger partial charge is 0.445 e. The number of allylic oxidation sites excluding steroid dienone is 1. The van der Waals surface area contributed by atoms with E-state index in [0.29, 0.717) is 6.42 Å². The van der Waals surface area contributed by atoms with E-state index >= 15 is 0 Å². The van der Waals surface area contributed by atoms with Crippen molar-refractivity contribution in [2.45, 2.75) is 71.1 Å². The van der Waals surface area contributed by atoms with E-state index in [0.717, 1.165) is 37.7 Å². The van der Waals surface area contributed by atoms with E-state index in [1.54, 1.807) is 13.8 Å². The Kier molecular flexibility index (Phi) is 11.9. The van der Waals surface area contributed by atoms with Gasteiger partial charge in [-0.05, 0) is 30.7 Å². The van der Waals surface area contributed by atoms with Gasteiger partial charge >= 0.3 is 6.09 Å². The van der Waals surface area contributed by atoms with Gasteiger partial charge in [0.2, 0.25) is 11.8 Å². The minimum absolute atomic E-state index is 0.106. The number of amides is 3. The number of hydrogen-bond acceptors (Lipinski definition) is 4. The Morgan fingerprint density at radius 1 is 1.07 bits per heavy atom. The number of carbonyl (C=O) groups excluding carboxylic acids is 3. The van der Waals surface area contributed by atoms with E-state index in [-0.39, 0.29) is 12.5 Å². The van der Waals surface area contributed by atoms with Crippen LogP contribution in [0, 0.1) is 5.92 Å². The summed E-state index contributed by atoms with van der Waals surface area (Å²) in [5, 5.41) is 5.27. The fourth-order valence-electron chi connectivity index (χ4n) is 2.96. The zero-order chi connectivity index (χ0) is 22.4. The third-order valence-corrected chi connectivity index (χ3v) is 4.75. The molecule has 3 amide bonds. The molecular formula is C23H35N3O4. The molecular weight excluding hydrogens is 382 g/mol. The molecule has 166 valence electrons. The van der Waals surface area contributed by atoms with Crippen LogP contribution in [-0.2, 0) is 20.9 Å². The monoisotopic (exact) mass is 417 g/mol. The third-order valence-electron chi connectivity index (χ3n) is 4.75. The smallest absolute Gasteiger partial charge is 0.408 e. The Labute approximate surface area is 179 Å². The van der Waals surface area contributed by atoms with E-state index in [4.69, 9.17) is 10.5 Å². The van der Waals surface area contributed by atoms with Crippen LogP contribution in [0.3, 0.4) is 0 Å². The summed E-state index contributed by atoms with van der Waals surface area (Å²) >= 11 is 0. The molecule has 0 saturated carbocycles. The molecule has 0 fully saturated rings. The highest BCUT2D eigenvalue weighted by Crippen LogP contribution is 2.10. The van der Waals surface area contributed by atoms with E-state index in [2.05, 4.69) is 17.2 Å². The summed E-state index contributed by atoms with van der Waals surface area (Å²) in [6, 6.07) is 7.67. The van der Waals surface area contributed by atoms with Gasteiger partial charge in [0.25, 0.3) is 0 Å². The lowest BCUT2D eigenvalue weighted by Gasteiger charge is -2.24. The Morgan fingerprint density at radius 2 is 1.73 bits per heavy atom. The maximum atomic E-state index is 12.7. The number of nitrogens with one attached hydrogen (secondary N) is 2. The van der Waals surface area contributed by atoms with Crippen molar-refractivity contribution in [3.63, 3.8) is 0 Å². The van der Waals surface area contributed by atoms with Gasteiger partial charge in [0.05, 0.1) is 0 Å². The Bertz CT molecular complexity index is 676. The first-order chi connectivity index (χ1) is 14.3. The highest BCUT2D eigenvalue weighted by atomic mass is 16.5. The van der Waals surface area contributed by atoms with Crippen molar-refractivity contribution in [3.8, 4) is 0 Å². The fraction of sp³-hybridized carbons (Fsp3) is 0.522. The van der Waals surface area contributed by atoms with Crippen molar-refractivity contribution in [1.29, 1.82) is 0 Å². The summed E-state index contributed by atoms with van der Waals surface area (Å²) in [5.41, 5.74) is 6.31. The quantitative estimate of drug-likeness (QED) is 0.318. The molecule has 0 aliphatic rings. The van der Waals surface area contributed by atoms with Gasteiger partial charge in [-0.25, -0.2) is 4.79 Å². The van der Waals surface area contributed by atoms with Crippen LogP contribution in [0.5, 0.6) is 0 Å². The fourth-order valence-corrected chi connectivity index (χ4v) is 2.96. The summed E-state index contributed by atoms with van der Waals surface area (Å²) in [7, 11) is 0. The molecule has 1 aromatic rings. The van der Waals surface area contributed by atoms with Crippen LogP contribution in [0.4, 0.5) is 4.79 Å². The SMILES string of the molecule is C=CCCCCCC[C@@H](NC(=O)[C@@H](NC(=O)OCc1ccccc1)C(C)C)C(N)=O. The molecule has 4 N–H and O–H groups in total. The Hall–Kier alpha value is -2.83. The lowest BCUT2D eigenvalue weighted by Crippen LogP contribution is -2.54. The number of hydrogen-bond donors (Lipinski definition) is 3. The summed E-state index contributed by atoms with van der Waals surface area (Å²) < 4.78 is 5.19. The minimum Gasteiger partial charge on any atom is -0.445 e. The number of ether oxygens (including phenoxy) is 1. The Morgan fingerprint density at radius 3 is 2.33 bits per heavy atom. The molecule has 0 heterocycles. The normalized spacial score (nSPS) is 12.6. The molecule has 7 nitrogen and oxygen atoms in total. The predicted molar refractivity (Wildman–Crippen MR) is 117 cm³/mol. The summed E-state index contributed by atoms with van der Waals surface area (Å²) in [6.45, 7) is 7.41. The van der Waals surface area contributed by atoms with Gasteiger partial charge in [0.15, 0.2) is 0 Å². The van der Waals surface area contributed by atoms with Crippen LogP contribution in [0.15, 0.2) is 43.0 Å². The maximum absolute atomic E-state index is 12.7. The van der Waals surface area contributed by atoms with Crippen molar-refractivity contribution >= 4 is 17.9 Å². The van der Waals surface area contributed by atoms with Crippen molar-refractivity contribution < 1.29 is 19.1 Å². The summed E-state index contributed by atoms with van der Waals surface area (Å²) in [4.78, 5) is 36.6. The number of nitrogens with two attached hydrogens (primary N) is 1. The van der Waals surface area contributed by atoms with Gasteiger partial charge in [0, 0.05) is 0 Å². The van der Waals surface area contributed by atoms with Crippen LogP contribution in [0.2, 0.25) is 0 Å². The predicted octanol–water partition coefficient (Wildman–Crippen LogP) is 3.43. The second-order valence-corrected chi connectivity index (χ2v) is 7.67. The molecule has 2 atom stereocenters. The molecule has 1 rings (SSSR count). The molecule has 7 heteroatoms. The molecule has 0 aliphatic heterocycles. The Balaban J connectivity index is 2.53. The topological polar surface area (TPSA) is 111 Å². The second kappa shape index (κ2) is 14.2. The highest BCUT2D eigenvalue weighted by molar-refractivity contribution is 5.90. The molecule has 0 aromatic heterocycles. The number of benzene rings is 1. The number of unbranched alkanes of at least 4 members (excludes halogenated alkanes) is 4. The van der Waals surface area contributed by atoms with E-state index in [1.807, 2.05) is 36.4 Å². The van der Waals surface area contributed by atoms with Gasteiger partial charge in [-0.15, -0.1) is 6.58 Å². The molecule has 0 saturated heterocycles. The maximum Gasteiger partial charge on any atom is 0.408 e. The number of alkyl carbamates (subject to hydrolysis) is 1. The minimum atomic E-state index is -0.831. The first-order valence-electron chi connectivity index (χ1n) is 10.5. The summed E-state index contributed by atoms with van der Waals surface area (Å²) in [6.07, 6.45) is 6.46. The molecule has 0 radical (unpaired) electrons. The molecule has 1 aromatic carbocycles. The van der Waals surface area contributed by atoms with Crippen molar-refractivity contribution in [2.75, 3.05) is 0 Å². The first-order valence-corrected chi connectivity index (χ1v) is 10.5. The average molecular weight is 418 g/mol. The number of primary amides is 1. The standard InChI is InChI=1S/C23H35N3O4/c1-4-5-6-7-8-12-15-19(21(24)27)25-22(28)20(17(2)3)26-23(29)30-16-18-13-10-9-11-14-18/h4,9-11,13-14,17,19-20H,1,5-8,12,15-16H2,2-3H3,(H2,24,27)(H,25,28)(H,26,29)/t19-,20+/m1/s1. The highest BCUT2D eigenvalue weighted by Gasteiger charge is 2.28. The lowest BCUT2D eigenvalue weighted by atomic mass is 10.0. The van der Waals surface area contributed by atoms with Gasteiger partial charge in [0.1, 0.15) is 18.7 Å². The van der Waals surface area contributed by atoms with Gasteiger partial charge in [-0.3, -0.25) is 9.59 Å². The molecule has 0 bridgehead atoms. The van der Waals surface area contributed by atoms with Gasteiger partial charge in [-0.1, -0.05) is 69.5 Å². The molecule has 0 aliphatic carbocycles. The van der Waals surface area contributed by atoms with Gasteiger partial charge < -0.3 is 21.1 Å². The molecule has 30 heavy (non-hydrogen) atoms. The van der Waals surface area contributed by atoms with E-state index in [9.17, 15) is 14.4 Å². The number of carbonyl (C=O) groups is 3. The van der Waals surface area contributed by atoms with Crippen molar-refractivity contribution in [2.24, 2.45) is 11.7 Å².